The molecule has 3 aromatic rings. The molecule has 0 unspecified atom stereocenters. The highest BCUT2D eigenvalue weighted by Gasteiger charge is 2.13. The maximum absolute atomic E-state index is 6.26. The van der Waals surface area contributed by atoms with Gasteiger partial charge in [-0.1, -0.05) is 46.9 Å². The molecule has 2 nitrogen and oxygen atoms in total. The van der Waals surface area contributed by atoms with Crippen molar-refractivity contribution in [3.8, 4) is 22.4 Å². The van der Waals surface area contributed by atoms with Crippen LogP contribution in [0.3, 0.4) is 0 Å². The molecule has 1 aromatic heterocycles. The second kappa shape index (κ2) is 6.02. The van der Waals surface area contributed by atoms with E-state index in [9.17, 15) is 0 Å². The minimum atomic E-state index is 0.571. The van der Waals surface area contributed by atoms with Gasteiger partial charge in [-0.3, -0.25) is 0 Å². The molecule has 0 bridgehead atoms. The van der Waals surface area contributed by atoms with Crippen molar-refractivity contribution in [1.29, 1.82) is 0 Å². The van der Waals surface area contributed by atoms with Crippen molar-refractivity contribution in [3.05, 3.63) is 70.1 Å². The van der Waals surface area contributed by atoms with Crippen LogP contribution in [0.1, 0.15) is 0 Å². The van der Waals surface area contributed by atoms with Gasteiger partial charge in [0.1, 0.15) is 0 Å². The van der Waals surface area contributed by atoms with Gasteiger partial charge in [-0.2, -0.15) is 0 Å². The quantitative estimate of drug-likeness (QED) is 0.612. The first-order valence-electron chi connectivity index (χ1n) is 6.09. The molecular weight excluding hydrogens is 327 g/mol. The molecule has 21 heavy (non-hydrogen) atoms. The van der Waals surface area contributed by atoms with Crippen molar-refractivity contribution in [3.63, 3.8) is 0 Å². The number of nitrogens with zero attached hydrogens (tertiary/aromatic N) is 2. The summed E-state index contributed by atoms with van der Waals surface area (Å²) in [4.78, 5) is 8.21. The fraction of sp³-hybridized carbons (Fsp3) is 0. The molecule has 0 amide bonds. The van der Waals surface area contributed by atoms with Gasteiger partial charge in [0, 0.05) is 27.4 Å². The topological polar surface area (TPSA) is 25.8 Å². The third-order valence-electron chi connectivity index (χ3n) is 3.01. The maximum Gasteiger partial charge on any atom is 0.198 e. The fourth-order valence-electron chi connectivity index (χ4n) is 2.02. The molecular formula is C16H8Cl3N2. The van der Waals surface area contributed by atoms with Crippen molar-refractivity contribution >= 4 is 34.8 Å². The molecule has 0 N–H and O–H groups in total. The molecule has 0 spiro atoms. The Hall–Kier alpha value is -1.61. The molecule has 103 valence electrons. The molecule has 2 aromatic carbocycles. The van der Waals surface area contributed by atoms with Crippen LogP contribution in [0.5, 0.6) is 0 Å². The Kier molecular flexibility index (Phi) is 4.11. The summed E-state index contributed by atoms with van der Waals surface area (Å²) in [6.45, 7) is 0. The first-order chi connectivity index (χ1) is 10.1. The number of aromatic nitrogens is 2. The first-order valence-corrected chi connectivity index (χ1v) is 7.23. The van der Waals surface area contributed by atoms with Crippen LogP contribution in [0.25, 0.3) is 22.4 Å². The predicted molar refractivity (Wildman–Crippen MR) is 86.8 cm³/mol. The number of benzene rings is 2. The van der Waals surface area contributed by atoms with Gasteiger partial charge in [-0.25, -0.2) is 9.97 Å². The SMILES string of the molecule is Clc1ccc(-c2cn[c]nc2-c2cc(Cl)ccc2Cl)cc1. The number of rotatable bonds is 2. The van der Waals surface area contributed by atoms with Gasteiger partial charge in [0.25, 0.3) is 0 Å². The molecule has 0 fully saturated rings. The van der Waals surface area contributed by atoms with Crippen LogP contribution in [0.2, 0.25) is 15.1 Å². The first kappa shape index (κ1) is 14.3. The lowest BCUT2D eigenvalue weighted by Gasteiger charge is -2.10. The molecule has 0 aliphatic rings. The summed E-state index contributed by atoms with van der Waals surface area (Å²) < 4.78 is 0. The minimum Gasteiger partial charge on any atom is -0.233 e. The van der Waals surface area contributed by atoms with Crippen LogP contribution in [0.4, 0.5) is 0 Å². The van der Waals surface area contributed by atoms with Crippen molar-refractivity contribution in [2.24, 2.45) is 0 Å². The lowest BCUT2D eigenvalue weighted by molar-refractivity contribution is 1.16. The predicted octanol–water partition coefficient (Wildman–Crippen LogP) is 5.57. The van der Waals surface area contributed by atoms with Crippen molar-refractivity contribution in [2.75, 3.05) is 0 Å². The third kappa shape index (κ3) is 3.03. The van der Waals surface area contributed by atoms with Gasteiger partial charge in [-0.05, 0) is 35.9 Å². The van der Waals surface area contributed by atoms with Crippen LogP contribution >= 0.6 is 34.8 Å². The van der Waals surface area contributed by atoms with Gasteiger partial charge in [0.2, 0.25) is 0 Å². The van der Waals surface area contributed by atoms with Gasteiger partial charge < -0.3 is 0 Å². The zero-order valence-corrected chi connectivity index (χ0v) is 12.9. The summed E-state index contributed by atoms with van der Waals surface area (Å²) in [7, 11) is 0. The molecule has 0 saturated carbocycles. The normalized spacial score (nSPS) is 10.6. The van der Waals surface area contributed by atoms with E-state index in [1.807, 2.05) is 24.3 Å². The summed E-state index contributed by atoms with van der Waals surface area (Å²) in [5.41, 5.74) is 3.21. The Morgan fingerprint density at radius 1 is 0.810 bits per heavy atom. The maximum atomic E-state index is 6.26. The van der Waals surface area contributed by atoms with Crippen molar-refractivity contribution in [2.45, 2.75) is 0 Å². The summed E-state index contributed by atoms with van der Waals surface area (Å²) in [5, 5.41) is 1.83. The second-order valence-corrected chi connectivity index (χ2v) is 5.64. The summed E-state index contributed by atoms with van der Waals surface area (Å²) in [6, 6.07) is 12.7. The molecule has 0 aliphatic heterocycles. The fourth-order valence-corrected chi connectivity index (χ4v) is 2.52. The molecule has 0 saturated heterocycles. The number of hydrogen-bond donors (Lipinski definition) is 0. The summed E-state index contributed by atoms with van der Waals surface area (Å²) >= 11 is 18.2. The Morgan fingerprint density at radius 2 is 1.52 bits per heavy atom. The Morgan fingerprint density at radius 3 is 2.29 bits per heavy atom. The van der Waals surface area contributed by atoms with E-state index in [-0.39, 0.29) is 0 Å². The van der Waals surface area contributed by atoms with E-state index < -0.39 is 0 Å². The third-order valence-corrected chi connectivity index (χ3v) is 3.82. The van der Waals surface area contributed by atoms with E-state index in [1.165, 1.54) is 0 Å². The number of halogens is 3. The molecule has 3 rings (SSSR count). The highest BCUT2D eigenvalue weighted by atomic mass is 35.5. The lowest BCUT2D eigenvalue weighted by Crippen LogP contribution is -1.92. The average molecular weight is 335 g/mol. The highest BCUT2D eigenvalue weighted by Crippen LogP contribution is 2.35. The zero-order chi connectivity index (χ0) is 14.8. The van der Waals surface area contributed by atoms with E-state index in [2.05, 4.69) is 16.3 Å². The molecule has 1 radical (unpaired) electrons. The van der Waals surface area contributed by atoms with Crippen LogP contribution in [0.15, 0.2) is 48.7 Å². The van der Waals surface area contributed by atoms with E-state index in [1.54, 1.807) is 24.4 Å². The lowest BCUT2D eigenvalue weighted by atomic mass is 10.0. The molecule has 0 aliphatic carbocycles. The van der Waals surface area contributed by atoms with Crippen LogP contribution in [-0.4, -0.2) is 9.97 Å². The number of hydrogen-bond acceptors (Lipinski definition) is 2. The highest BCUT2D eigenvalue weighted by molar-refractivity contribution is 6.35. The van der Waals surface area contributed by atoms with Gasteiger partial charge in [-0.15, -0.1) is 0 Å². The zero-order valence-electron chi connectivity index (χ0n) is 10.6. The van der Waals surface area contributed by atoms with Gasteiger partial charge in [0.15, 0.2) is 6.33 Å². The Balaban J connectivity index is 2.20. The standard InChI is InChI=1S/C16H8Cl3N2/c17-11-3-1-10(2-4-11)14-8-20-9-21-16(14)13-7-12(18)5-6-15(13)19/h1-8H. The van der Waals surface area contributed by atoms with Crippen molar-refractivity contribution in [1.82, 2.24) is 9.97 Å². The summed E-state index contributed by atoms with van der Waals surface area (Å²) in [5.74, 6) is 0. The van der Waals surface area contributed by atoms with Gasteiger partial charge >= 0.3 is 0 Å². The largest absolute Gasteiger partial charge is 0.233 e. The second-order valence-electron chi connectivity index (χ2n) is 4.36. The summed E-state index contributed by atoms with van der Waals surface area (Å²) in [6.07, 6.45) is 4.30. The smallest absolute Gasteiger partial charge is 0.198 e. The Bertz CT molecular complexity index is 786. The van der Waals surface area contributed by atoms with E-state index in [4.69, 9.17) is 34.8 Å². The Labute approximate surface area is 137 Å². The molecule has 1 heterocycles. The van der Waals surface area contributed by atoms with Crippen LogP contribution < -0.4 is 0 Å². The minimum absolute atomic E-state index is 0.571. The average Bonchev–Trinajstić information content (AvgIpc) is 2.51. The van der Waals surface area contributed by atoms with Crippen LogP contribution in [-0.2, 0) is 0 Å². The van der Waals surface area contributed by atoms with Crippen LogP contribution in [0, 0.1) is 6.33 Å². The van der Waals surface area contributed by atoms with E-state index in [0.717, 1.165) is 16.7 Å². The monoisotopic (exact) mass is 333 g/mol. The van der Waals surface area contributed by atoms with Gasteiger partial charge in [0.05, 0.1) is 10.7 Å². The molecule has 5 heteroatoms. The van der Waals surface area contributed by atoms with Crippen molar-refractivity contribution < 1.29 is 0 Å². The van der Waals surface area contributed by atoms with E-state index in [0.29, 0.717) is 20.8 Å². The van der Waals surface area contributed by atoms with E-state index >= 15 is 0 Å². The molecule has 0 atom stereocenters.